The van der Waals surface area contributed by atoms with Crippen LogP contribution in [0.3, 0.4) is 0 Å². The second-order valence-corrected chi connectivity index (χ2v) is 7.80. The van der Waals surface area contributed by atoms with Crippen LogP contribution in [-0.2, 0) is 9.53 Å². The van der Waals surface area contributed by atoms with Crippen molar-refractivity contribution in [2.24, 2.45) is 17.3 Å². The van der Waals surface area contributed by atoms with E-state index in [0.29, 0.717) is 6.61 Å². The molecule has 0 fully saturated rings. The van der Waals surface area contributed by atoms with E-state index in [0.717, 1.165) is 37.2 Å². The molecule has 3 nitrogen and oxygen atoms in total. The molecule has 2 unspecified atom stereocenters. The van der Waals surface area contributed by atoms with Crippen LogP contribution in [0.1, 0.15) is 72.6 Å². The summed E-state index contributed by atoms with van der Waals surface area (Å²) in [5, 5.41) is 10.1. The van der Waals surface area contributed by atoms with Gasteiger partial charge in [-0.3, -0.25) is 4.79 Å². The van der Waals surface area contributed by atoms with E-state index in [-0.39, 0.29) is 5.92 Å². The lowest BCUT2D eigenvalue weighted by Gasteiger charge is -2.39. The molecule has 0 radical (unpaired) electrons. The molecule has 24 heavy (non-hydrogen) atoms. The first-order valence-electron chi connectivity index (χ1n) is 9.43. The van der Waals surface area contributed by atoms with Crippen molar-refractivity contribution >= 4 is 5.97 Å². The first-order valence-corrected chi connectivity index (χ1v) is 9.43. The molecule has 0 bridgehead atoms. The Morgan fingerprint density at radius 3 is 2.50 bits per heavy atom. The molecule has 0 aliphatic heterocycles. The van der Waals surface area contributed by atoms with Crippen molar-refractivity contribution in [3.05, 3.63) is 23.3 Å². The summed E-state index contributed by atoms with van der Waals surface area (Å²) in [6.45, 7) is 9.19. The Hall–Kier alpha value is -1.09. The molecule has 0 heterocycles. The zero-order valence-corrected chi connectivity index (χ0v) is 16.2. The van der Waals surface area contributed by atoms with Gasteiger partial charge in [-0.15, -0.1) is 0 Å². The highest BCUT2D eigenvalue weighted by molar-refractivity contribution is 5.79. The standard InChI is InChI=1S/C21H36O3/c1-16(2)10-8-6-7-9-12-21(20(22)23)15-17(3)14-18(4)19(21)11-13-24-5/h14-16,19H,6-13H2,1-5H3,(H,22,23). The van der Waals surface area contributed by atoms with E-state index in [1.807, 2.05) is 13.0 Å². The first-order chi connectivity index (χ1) is 11.3. The van der Waals surface area contributed by atoms with E-state index in [4.69, 9.17) is 4.74 Å². The van der Waals surface area contributed by atoms with Crippen LogP contribution in [0.5, 0.6) is 0 Å². The fourth-order valence-corrected chi connectivity index (χ4v) is 4.02. The minimum atomic E-state index is -0.764. The zero-order valence-electron chi connectivity index (χ0n) is 16.2. The number of hydrogen-bond acceptors (Lipinski definition) is 2. The summed E-state index contributed by atoms with van der Waals surface area (Å²) in [5.41, 5.74) is 1.48. The summed E-state index contributed by atoms with van der Waals surface area (Å²) in [6.07, 6.45) is 11.4. The average Bonchev–Trinajstić information content (AvgIpc) is 2.49. The van der Waals surface area contributed by atoms with Crippen LogP contribution < -0.4 is 0 Å². The van der Waals surface area contributed by atoms with E-state index in [1.165, 1.54) is 24.8 Å². The van der Waals surface area contributed by atoms with Gasteiger partial charge in [0.25, 0.3) is 0 Å². The third-order valence-electron chi connectivity index (χ3n) is 5.24. The number of ether oxygens (including phenoxy) is 1. The van der Waals surface area contributed by atoms with Gasteiger partial charge in [-0.2, -0.15) is 0 Å². The van der Waals surface area contributed by atoms with Crippen LogP contribution >= 0.6 is 0 Å². The van der Waals surface area contributed by atoms with Crippen molar-refractivity contribution in [3.63, 3.8) is 0 Å². The van der Waals surface area contributed by atoms with Crippen molar-refractivity contribution < 1.29 is 14.6 Å². The summed E-state index contributed by atoms with van der Waals surface area (Å²) < 4.78 is 5.23. The molecule has 0 amide bonds. The van der Waals surface area contributed by atoms with Crippen molar-refractivity contribution in [3.8, 4) is 0 Å². The van der Waals surface area contributed by atoms with Gasteiger partial charge in [-0.05, 0) is 32.6 Å². The number of hydrogen-bond donors (Lipinski definition) is 1. The van der Waals surface area contributed by atoms with Gasteiger partial charge >= 0.3 is 5.97 Å². The Morgan fingerprint density at radius 2 is 1.92 bits per heavy atom. The normalized spacial score (nSPS) is 24.0. The van der Waals surface area contributed by atoms with E-state index in [2.05, 4.69) is 26.8 Å². The van der Waals surface area contributed by atoms with Crippen molar-refractivity contribution in [2.75, 3.05) is 13.7 Å². The lowest BCUT2D eigenvalue weighted by Crippen LogP contribution is -2.40. The molecule has 0 saturated carbocycles. The average molecular weight is 337 g/mol. The highest BCUT2D eigenvalue weighted by Gasteiger charge is 2.45. The van der Waals surface area contributed by atoms with Crippen LogP contribution in [0.25, 0.3) is 0 Å². The summed E-state index contributed by atoms with van der Waals surface area (Å²) in [6, 6.07) is 0. The molecule has 138 valence electrons. The molecule has 0 aromatic rings. The van der Waals surface area contributed by atoms with Gasteiger partial charge in [0.1, 0.15) is 0 Å². The highest BCUT2D eigenvalue weighted by atomic mass is 16.5. The molecule has 0 aromatic carbocycles. The summed E-state index contributed by atoms with van der Waals surface area (Å²) in [5.74, 6) is 0.109. The maximum Gasteiger partial charge on any atom is 0.314 e. The lowest BCUT2D eigenvalue weighted by atomic mass is 9.64. The minimum Gasteiger partial charge on any atom is -0.481 e. The molecular formula is C21H36O3. The van der Waals surface area contributed by atoms with Crippen LogP contribution in [-0.4, -0.2) is 24.8 Å². The van der Waals surface area contributed by atoms with Gasteiger partial charge in [0.15, 0.2) is 0 Å². The maximum absolute atomic E-state index is 12.2. The number of unbranched alkanes of at least 4 members (excludes halogenated alkanes) is 3. The molecule has 1 aliphatic carbocycles. The van der Waals surface area contributed by atoms with Crippen LogP contribution in [0.4, 0.5) is 0 Å². The second-order valence-electron chi connectivity index (χ2n) is 7.80. The van der Waals surface area contributed by atoms with Gasteiger partial charge < -0.3 is 9.84 Å². The van der Waals surface area contributed by atoms with Crippen molar-refractivity contribution in [2.45, 2.75) is 72.6 Å². The van der Waals surface area contributed by atoms with Gasteiger partial charge in [0, 0.05) is 19.6 Å². The third kappa shape index (κ3) is 5.77. The molecule has 0 spiro atoms. The largest absolute Gasteiger partial charge is 0.481 e. The van der Waals surface area contributed by atoms with Crippen molar-refractivity contribution in [1.29, 1.82) is 0 Å². The van der Waals surface area contributed by atoms with Gasteiger partial charge in [0.05, 0.1) is 5.41 Å². The molecule has 2 atom stereocenters. The second kappa shape index (κ2) is 10.0. The quantitative estimate of drug-likeness (QED) is 0.499. The van der Waals surface area contributed by atoms with E-state index in [9.17, 15) is 9.90 Å². The van der Waals surface area contributed by atoms with Crippen molar-refractivity contribution in [1.82, 2.24) is 0 Å². The first kappa shape index (κ1) is 21.0. The minimum absolute atomic E-state index is 0.0364. The van der Waals surface area contributed by atoms with Gasteiger partial charge in [-0.1, -0.05) is 69.2 Å². The fraction of sp³-hybridized carbons (Fsp3) is 0.762. The number of carboxylic acid groups (broad SMARTS) is 1. The molecule has 3 heteroatoms. The fourth-order valence-electron chi connectivity index (χ4n) is 4.02. The van der Waals surface area contributed by atoms with Crippen LogP contribution in [0.15, 0.2) is 23.3 Å². The molecule has 0 saturated heterocycles. The predicted octanol–water partition coefficient (Wildman–Crippen LogP) is 5.61. The molecule has 1 rings (SSSR count). The number of allylic oxidation sites excluding steroid dienone is 3. The Morgan fingerprint density at radius 1 is 1.25 bits per heavy atom. The molecule has 1 N–H and O–H groups in total. The Labute approximate surface area is 148 Å². The van der Waals surface area contributed by atoms with E-state index >= 15 is 0 Å². The monoisotopic (exact) mass is 336 g/mol. The van der Waals surface area contributed by atoms with Gasteiger partial charge in [-0.25, -0.2) is 0 Å². The Kier molecular flexibility index (Phi) is 8.75. The van der Waals surface area contributed by atoms with E-state index < -0.39 is 11.4 Å². The Balaban J connectivity index is 2.75. The summed E-state index contributed by atoms with van der Waals surface area (Å²) >= 11 is 0. The van der Waals surface area contributed by atoms with Gasteiger partial charge in [0.2, 0.25) is 0 Å². The highest BCUT2D eigenvalue weighted by Crippen LogP contribution is 2.45. The zero-order chi connectivity index (χ0) is 18.2. The number of methoxy groups -OCH3 is 1. The summed E-state index contributed by atoms with van der Waals surface area (Å²) in [7, 11) is 1.68. The topological polar surface area (TPSA) is 46.5 Å². The van der Waals surface area contributed by atoms with Crippen LogP contribution in [0, 0.1) is 17.3 Å². The summed E-state index contributed by atoms with van der Waals surface area (Å²) in [4.78, 5) is 12.2. The molecular weight excluding hydrogens is 300 g/mol. The molecule has 0 aromatic heterocycles. The number of carboxylic acids is 1. The number of rotatable bonds is 11. The van der Waals surface area contributed by atoms with Crippen LogP contribution in [0.2, 0.25) is 0 Å². The SMILES string of the molecule is COCCC1C(C)=CC(C)=CC1(CCCCCCC(C)C)C(=O)O. The third-order valence-corrected chi connectivity index (χ3v) is 5.24. The smallest absolute Gasteiger partial charge is 0.314 e. The number of aliphatic carboxylic acids is 1. The predicted molar refractivity (Wildman–Crippen MR) is 100 cm³/mol. The number of carbonyl (C=O) groups is 1. The lowest BCUT2D eigenvalue weighted by molar-refractivity contribution is -0.149. The Bertz CT molecular complexity index is 462. The maximum atomic E-state index is 12.2. The van der Waals surface area contributed by atoms with E-state index in [1.54, 1.807) is 7.11 Å². The molecule has 1 aliphatic rings.